The molecule has 11 heteroatoms. The lowest BCUT2D eigenvalue weighted by atomic mass is 10.1. The number of hydrogen-bond acceptors (Lipinski definition) is 8. The number of nitrogens with one attached hydrogen (secondary N) is 2. The van der Waals surface area contributed by atoms with Crippen LogP contribution in [0.25, 0.3) is 0 Å². The molecule has 3 rings (SSSR count). The number of carbonyl (C=O) groups excluding carboxylic acids is 3. The second kappa shape index (κ2) is 9.18. The fourth-order valence-corrected chi connectivity index (χ4v) is 4.75. The van der Waals surface area contributed by atoms with Gasteiger partial charge in [0, 0.05) is 11.3 Å². The zero-order valence-corrected chi connectivity index (χ0v) is 19.7. The normalized spacial score (nSPS) is 17.1. The standard InChI is InChI=1S/C22H25N3O7S/c1-6-31-22(28)17-11(2)18(23-12(17)3)19(26)14(5)32-21(27)13(4)24-20-15-9-7-8-10-16(15)33(29,30)25-20/h7-10,13-14,23H,6H2,1-5H3,(H,24,25). The van der Waals surface area contributed by atoms with Gasteiger partial charge in [0.05, 0.1) is 22.8 Å². The molecule has 1 aromatic heterocycles. The molecule has 10 nitrogen and oxygen atoms in total. The summed E-state index contributed by atoms with van der Waals surface area (Å²) in [4.78, 5) is 44.7. The number of esters is 2. The fraction of sp³-hybridized carbons (Fsp3) is 0.364. The second-order valence-corrected chi connectivity index (χ2v) is 9.19. The molecule has 0 bridgehead atoms. The van der Waals surface area contributed by atoms with Crippen LogP contribution < -0.4 is 4.72 Å². The van der Waals surface area contributed by atoms with Crippen LogP contribution in [-0.2, 0) is 24.3 Å². The van der Waals surface area contributed by atoms with Crippen LogP contribution >= 0.6 is 0 Å². The predicted octanol–water partition coefficient (Wildman–Crippen LogP) is 2.05. The predicted molar refractivity (Wildman–Crippen MR) is 119 cm³/mol. The minimum absolute atomic E-state index is 0.0314. The van der Waals surface area contributed by atoms with E-state index in [9.17, 15) is 22.8 Å². The van der Waals surface area contributed by atoms with E-state index in [1.807, 2.05) is 0 Å². The Balaban J connectivity index is 1.75. The highest BCUT2D eigenvalue weighted by Gasteiger charge is 2.32. The van der Waals surface area contributed by atoms with Gasteiger partial charge in [0.15, 0.2) is 6.10 Å². The lowest BCUT2D eigenvalue weighted by molar-refractivity contribution is -0.147. The van der Waals surface area contributed by atoms with E-state index in [4.69, 9.17) is 9.47 Å². The van der Waals surface area contributed by atoms with Crippen LogP contribution in [0.4, 0.5) is 0 Å². The van der Waals surface area contributed by atoms with Gasteiger partial charge in [0.25, 0.3) is 10.0 Å². The Labute approximate surface area is 191 Å². The molecule has 1 aliphatic heterocycles. The molecule has 0 amide bonds. The Kier molecular flexibility index (Phi) is 6.73. The number of aliphatic imine (C=N–C) groups is 1. The van der Waals surface area contributed by atoms with E-state index in [0.29, 0.717) is 16.8 Å². The van der Waals surface area contributed by atoms with Gasteiger partial charge in [0.1, 0.15) is 11.9 Å². The number of aryl methyl sites for hydroxylation is 1. The number of rotatable bonds is 7. The van der Waals surface area contributed by atoms with E-state index >= 15 is 0 Å². The zero-order chi connectivity index (χ0) is 24.5. The molecule has 1 aliphatic rings. The average Bonchev–Trinajstić information content (AvgIpc) is 3.19. The molecule has 33 heavy (non-hydrogen) atoms. The number of aromatic amines is 1. The first-order valence-electron chi connectivity index (χ1n) is 10.3. The van der Waals surface area contributed by atoms with Crippen molar-refractivity contribution in [3.63, 3.8) is 0 Å². The minimum Gasteiger partial charge on any atom is -0.462 e. The molecule has 2 heterocycles. The van der Waals surface area contributed by atoms with Crippen LogP contribution in [-0.4, -0.2) is 55.7 Å². The Morgan fingerprint density at radius 1 is 1.12 bits per heavy atom. The van der Waals surface area contributed by atoms with Gasteiger partial charge in [-0.25, -0.2) is 18.0 Å². The molecule has 2 atom stereocenters. The number of nitrogens with zero attached hydrogens (tertiary/aromatic N) is 1. The highest BCUT2D eigenvalue weighted by Crippen LogP contribution is 2.23. The highest BCUT2D eigenvalue weighted by molar-refractivity contribution is 7.90. The number of hydrogen-bond donors (Lipinski definition) is 2. The van der Waals surface area contributed by atoms with Crippen LogP contribution in [0.5, 0.6) is 0 Å². The van der Waals surface area contributed by atoms with Gasteiger partial charge < -0.3 is 14.5 Å². The van der Waals surface area contributed by atoms with E-state index < -0.39 is 39.9 Å². The number of ketones is 1. The number of carbonyl (C=O) groups is 3. The monoisotopic (exact) mass is 475 g/mol. The van der Waals surface area contributed by atoms with Gasteiger partial charge in [-0.1, -0.05) is 12.1 Å². The Hall–Kier alpha value is -3.47. The van der Waals surface area contributed by atoms with Gasteiger partial charge in [-0.15, -0.1) is 0 Å². The number of fused-ring (bicyclic) bond motifs is 1. The van der Waals surface area contributed by atoms with Crippen LogP contribution in [0.1, 0.15) is 58.4 Å². The van der Waals surface area contributed by atoms with Crippen molar-refractivity contribution < 1.29 is 32.3 Å². The van der Waals surface area contributed by atoms with Crippen molar-refractivity contribution >= 4 is 33.6 Å². The summed E-state index contributed by atoms with van der Waals surface area (Å²) in [5, 5.41) is 0. The summed E-state index contributed by atoms with van der Waals surface area (Å²) in [7, 11) is -3.75. The summed E-state index contributed by atoms with van der Waals surface area (Å²) >= 11 is 0. The first-order valence-corrected chi connectivity index (χ1v) is 11.8. The summed E-state index contributed by atoms with van der Waals surface area (Å²) in [5.74, 6) is -1.84. The maximum atomic E-state index is 12.9. The molecule has 0 aliphatic carbocycles. The topological polar surface area (TPSA) is 144 Å². The maximum absolute atomic E-state index is 12.9. The largest absolute Gasteiger partial charge is 0.462 e. The molecule has 2 N–H and O–H groups in total. The van der Waals surface area contributed by atoms with Crippen molar-refractivity contribution in [2.24, 2.45) is 4.99 Å². The van der Waals surface area contributed by atoms with Gasteiger partial charge in [-0.3, -0.25) is 14.5 Å². The third-order valence-electron chi connectivity index (χ3n) is 5.15. The molecule has 1 aromatic carbocycles. The lowest BCUT2D eigenvalue weighted by Crippen LogP contribution is -2.31. The molecule has 0 fully saturated rings. The Bertz CT molecular complexity index is 1260. The van der Waals surface area contributed by atoms with Crippen LogP contribution in [0.3, 0.4) is 0 Å². The summed E-state index contributed by atoms with van der Waals surface area (Å²) < 4.78 is 37.0. The first kappa shape index (κ1) is 24.2. The summed E-state index contributed by atoms with van der Waals surface area (Å²) in [6.45, 7) is 7.97. The molecular formula is C22H25N3O7S. The lowest BCUT2D eigenvalue weighted by Gasteiger charge is -2.14. The summed E-state index contributed by atoms with van der Waals surface area (Å²) in [6.07, 6.45) is -1.17. The number of ether oxygens (including phenoxy) is 2. The van der Waals surface area contributed by atoms with E-state index in [1.165, 1.54) is 19.9 Å². The smallest absolute Gasteiger partial charge is 0.340 e. The van der Waals surface area contributed by atoms with Crippen molar-refractivity contribution in [2.75, 3.05) is 6.61 Å². The Morgan fingerprint density at radius 2 is 1.79 bits per heavy atom. The number of aromatic nitrogens is 1. The van der Waals surface area contributed by atoms with Crippen molar-refractivity contribution in [2.45, 2.75) is 51.7 Å². The van der Waals surface area contributed by atoms with E-state index in [1.54, 1.807) is 39.0 Å². The SMILES string of the molecule is CCOC(=O)c1c(C)[nH]c(C(=O)C(C)OC(=O)C(C)N=C2NS(=O)(=O)c3ccccc32)c1C. The summed E-state index contributed by atoms with van der Waals surface area (Å²) in [6, 6.07) is 5.18. The second-order valence-electron chi connectivity index (χ2n) is 7.54. The Morgan fingerprint density at radius 3 is 2.45 bits per heavy atom. The number of amidine groups is 1. The highest BCUT2D eigenvalue weighted by atomic mass is 32.2. The van der Waals surface area contributed by atoms with E-state index in [-0.39, 0.29) is 28.6 Å². The molecule has 0 saturated heterocycles. The molecule has 2 unspecified atom stereocenters. The molecule has 0 spiro atoms. The van der Waals surface area contributed by atoms with Crippen molar-refractivity contribution in [3.8, 4) is 0 Å². The molecule has 0 radical (unpaired) electrons. The maximum Gasteiger partial charge on any atom is 0.340 e. The molecule has 0 saturated carbocycles. The number of sulfonamides is 1. The van der Waals surface area contributed by atoms with Gasteiger partial charge in [-0.2, -0.15) is 0 Å². The van der Waals surface area contributed by atoms with E-state index in [0.717, 1.165) is 0 Å². The summed E-state index contributed by atoms with van der Waals surface area (Å²) in [5.41, 5.74) is 1.65. The number of Topliss-reactive ketones (excluding diaryl/α,β-unsaturated/α-hetero) is 1. The van der Waals surface area contributed by atoms with Gasteiger partial charge in [-0.05, 0) is 52.3 Å². The van der Waals surface area contributed by atoms with Crippen molar-refractivity contribution in [3.05, 3.63) is 52.3 Å². The third-order valence-corrected chi connectivity index (χ3v) is 6.55. The van der Waals surface area contributed by atoms with Gasteiger partial charge >= 0.3 is 11.9 Å². The average molecular weight is 476 g/mol. The fourth-order valence-electron chi connectivity index (χ4n) is 3.51. The molecule has 176 valence electrons. The molecular weight excluding hydrogens is 450 g/mol. The van der Waals surface area contributed by atoms with Crippen LogP contribution in [0, 0.1) is 13.8 Å². The van der Waals surface area contributed by atoms with Crippen molar-refractivity contribution in [1.29, 1.82) is 0 Å². The number of benzene rings is 1. The van der Waals surface area contributed by atoms with E-state index in [2.05, 4.69) is 14.7 Å². The van der Waals surface area contributed by atoms with Gasteiger partial charge in [0.2, 0.25) is 5.78 Å². The molecule has 2 aromatic rings. The first-order chi connectivity index (χ1) is 15.5. The minimum atomic E-state index is -3.75. The number of H-pyrrole nitrogens is 1. The van der Waals surface area contributed by atoms with Crippen LogP contribution in [0.15, 0.2) is 34.2 Å². The van der Waals surface area contributed by atoms with Crippen molar-refractivity contribution in [1.82, 2.24) is 9.71 Å². The zero-order valence-electron chi connectivity index (χ0n) is 18.9. The van der Waals surface area contributed by atoms with Crippen LogP contribution in [0.2, 0.25) is 0 Å². The quantitative estimate of drug-likeness (QED) is 0.461. The third kappa shape index (κ3) is 4.68.